The van der Waals surface area contributed by atoms with Crippen LogP contribution >= 0.6 is 0 Å². The van der Waals surface area contributed by atoms with E-state index in [2.05, 4.69) is 22.8 Å². The number of nitrogens with zero attached hydrogens (tertiary/aromatic N) is 1. The third-order valence-corrected chi connectivity index (χ3v) is 3.57. The fourth-order valence-electron chi connectivity index (χ4n) is 2.43. The van der Waals surface area contributed by atoms with E-state index < -0.39 is 0 Å². The summed E-state index contributed by atoms with van der Waals surface area (Å²) in [6, 6.07) is 6.15. The summed E-state index contributed by atoms with van der Waals surface area (Å²) in [6.45, 7) is 2.47. The van der Waals surface area contributed by atoms with Gasteiger partial charge >= 0.3 is 6.03 Å². The number of ether oxygens (including phenoxy) is 1. The number of nitrogens with one attached hydrogen (secondary N) is 2. The van der Waals surface area contributed by atoms with Gasteiger partial charge in [-0.25, -0.2) is 4.79 Å². The third-order valence-electron chi connectivity index (χ3n) is 3.57. The van der Waals surface area contributed by atoms with Gasteiger partial charge in [-0.15, -0.1) is 0 Å². The minimum Gasteiger partial charge on any atom is -0.492 e. The second-order valence-corrected chi connectivity index (χ2v) is 5.62. The zero-order valence-corrected chi connectivity index (χ0v) is 12.9. The van der Waals surface area contributed by atoms with E-state index in [9.17, 15) is 4.79 Å². The molecule has 5 nitrogen and oxygen atoms in total. The molecule has 0 fully saturated rings. The highest BCUT2D eigenvalue weighted by Gasteiger charge is 2.11. The molecular formula is C16H25N3O2. The van der Waals surface area contributed by atoms with E-state index in [1.54, 1.807) is 0 Å². The van der Waals surface area contributed by atoms with Crippen molar-refractivity contribution >= 4 is 6.03 Å². The van der Waals surface area contributed by atoms with E-state index in [-0.39, 0.29) is 6.03 Å². The smallest absolute Gasteiger partial charge is 0.314 e. The maximum absolute atomic E-state index is 11.5. The number of carbonyl (C=O) groups excluding carboxylic acids is 1. The summed E-state index contributed by atoms with van der Waals surface area (Å²) in [6.07, 6.45) is 3.58. The van der Waals surface area contributed by atoms with Crippen molar-refractivity contribution in [3.63, 3.8) is 0 Å². The van der Waals surface area contributed by atoms with Crippen LogP contribution in [0.5, 0.6) is 5.75 Å². The van der Waals surface area contributed by atoms with E-state index in [4.69, 9.17) is 4.74 Å². The molecule has 0 aliphatic heterocycles. The monoisotopic (exact) mass is 291 g/mol. The van der Waals surface area contributed by atoms with Gasteiger partial charge in [0, 0.05) is 13.1 Å². The molecule has 0 spiro atoms. The van der Waals surface area contributed by atoms with Crippen LogP contribution in [0.2, 0.25) is 0 Å². The summed E-state index contributed by atoms with van der Waals surface area (Å²) in [4.78, 5) is 13.5. The van der Waals surface area contributed by atoms with Crippen LogP contribution in [0.1, 0.15) is 17.5 Å². The quantitative estimate of drug-likeness (QED) is 0.747. The number of likely N-dealkylation sites (N-methyl/N-ethyl adjacent to an activating group) is 1. The Bertz CT molecular complexity index is 475. The van der Waals surface area contributed by atoms with Gasteiger partial charge in [-0.05, 0) is 56.6 Å². The summed E-state index contributed by atoms with van der Waals surface area (Å²) in [7, 11) is 3.95. The molecule has 0 saturated heterocycles. The van der Waals surface area contributed by atoms with Crippen molar-refractivity contribution in [1.29, 1.82) is 0 Å². The number of benzene rings is 1. The zero-order chi connectivity index (χ0) is 15.1. The van der Waals surface area contributed by atoms with E-state index in [0.717, 1.165) is 18.7 Å². The van der Waals surface area contributed by atoms with E-state index in [1.807, 2.05) is 25.1 Å². The van der Waals surface area contributed by atoms with Crippen LogP contribution in [0.25, 0.3) is 0 Å². The average molecular weight is 291 g/mol. The lowest BCUT2D eigenvalue weighted by Crippen LogP contribution is -2.40. The van der Waals surface area contributed by atoms with Crippen molar-refractivity contribution < 1.29 is 9.53 Å². The molecular weight excluding hydrogens is 266 g/mol. The Labute approximate surface area is 126 Å². The number of carbonyl (C=O) groups is 1. The molecule has 0 unspecified atom stereocenters. The standard InChI is InChI=1S/C16H25N3O2/c1-19(2)10-8-17-16(20)18-9-11-21-15-7-6-13-4-3-5-14(13)12-15/h6-7,12H,3-5,8-11H2,1-2H3,(H2,17,18,20). The second kappa shape index (κ2) is 7.88. The van der Waals surface area contributed by atoms with Crippen LogP contribution in [-0.2, 0) is 12.8 Å². The van der Waals surface area contributed by atoms with Gasteiger partial charge in [-0.2, -0.15) is 0 Å². The molecule has 1 aliphatic carbocycles. The first-order valence-electron chi connectivity index (χ1n) is 7.56. The second-order valence-electron chi connectivity index (χ2n) is 5.62. The molecule has 2 amide bonds. The molecule has 1 aliphatic rings. The van der Waals surface area contributed by atoms with E-state index in [1.165, 1.54) is 24.0 Å². The molecule has 0 atom stereocenters. The topological polar surface area (TPSA) is 53.6 Å². The van der Waals surface area contributed by atoms with Crippen LogP contribution in [0.15, 0.2) is 18.2 Å². The summed E-state index contributed by atoms with van der Waals surface area (Å²) >= 11 is 0. The minimum absolute atomic E-state index is 0.144. The van der Waals surface area contributed by atoms with Gasteiger partial charge in [0.25, 0.3) is 0 Å². The lowest BCUT2D eigenvalue weighted by atomic mass is 10.1. The normalized spacial score (nSPS) is 13.1. The SMILES string of the molecule is CN(C)CCNC(=O)NCCOc1ccc2c(c1)CCC2. The van der Waals surface area contributed by atoms with E-state index >= 15 is 0 Å². The van der Waals surface area contributed by atoms with Gasteiger partial charge in [0.2, 0.25) is 0 Å². The molecule has 1 aromatic rings. The van der Waals surface area contributed by atoms with Gasteiger partial charge in [0.1, 0.15) is 12.4 Å². The maximum Gasteiger partial charge on any atom is 0.314 e. The van der Waals surface area contributed by atoms with Crippen LogP contribution in [-0.4, -0.2) is 51.3 Å². The first kappa shape index (κ1) is 15.6. The highest BCUT2D eigenvalue weighted by atomic mass is 16.5. The zero-order valence-electron chi connectivity index (χ0n) is 12.9. The molecule has 2 N–H and O–H groups in total. The van der Waals surface area contributed by atoms with E-state index in [0.29, 0.717) is 19.7 Å². The highest BCUT2D eigenvalue weighted by molar-refractivity contribution is 5.73. The summed E-state index contributed by atoms with van der Waals surface area (Å²) in [5.41, 5.74) is 2.85. The molecule has 1 aromatic carbocycles. The number of hydrogen-bond donors (Lipinski definition) is 2. The lowest BCUT2D eigenvalue weighted by molar-refractivity contribution is 0.235. The Balaban J connectivity index is 1.60. The van der Waals surface area contributed by atoms with Gasteiger partial charge in [-0.1, -0.05) is 6.07 Å². The summed E-state index contributed by atoms with van der Waals surface area (Å²) in [5.74, 6) is 0.894. The Morgan fingerprint density at radius 1 is 1.19 bits per heavy atom. The number of fused-ring (bicyclic) bond motifs is 1. The summed E-state index contributed by atoms with van der Waals surface area (Å²) < 4.78 is 5.67. The van der Waals surface area contributed by atoms with Crippen molar-refractivity contribution in [3.05, 3.63) is 29.3 Å². The Kier molecular flexibility index (Phi) is 5.87. The van der Waals surface area contributed by atoms with Crippen molar-refractivity contribution in [2.24, 2.45) is 0 Å². The Morgan fingerprint density at radius 2 is 1.95 bits per heavy atom. The lowest BCUT2D eigenvalue weighted by Gasteiger charge is -2.12. The van der Waals surface area contributed by atoms with Crippen molar-refractivity contribution in [3.8, 4) is 5.75 Å². The number of hydrogen-bond acceptors (Lipinski definition) is 3. The van der Waals surface area contributed by atoms with Crippen molar-refractivity contribution in [2.45, 2.75) is 19.3 Å². The Hall–Kier alpha value is -1.75. The molecule has 0 heterocycles. The van der Waals surface area contributed by atoms with Crippen molar-refractivity contribution in [2.75, 3.05) is 40.3 Å². The van der Waals surface area contributed by atoms with Gasteiger partial charge < -0.3 is 20.3 Å². The number of amides is 2. The Morgan fingerprint density at radius 3 is 2.76 bits per heavy atom. The minimum atomic E-state index is -0.144. The maximum atomic E-state index is 11.5. The molecule has 116 valence electrons. The number of rotatable bonds is 7. The fraction of sp³-hybridized carbons (Fsp3) is 0.562. The molecule has 5 heteroatoms. The van der Waals surface area contributed by atoms with Crippen molar-refractivity contribution in [1.82, 2.24) is 15.5 Å². The highest BCUT2D eigenvalue weighted by Crippen LogP contribution is 2.25. The van der Waals surface area contributed by atoms with Gasteiger partial charge in [0.15, 0.2) is 0 Å². The van der Waals surface area contributed by atoms with Gasteiger partial charge in [0.05, 0.1) is 6.54 Å². The van der Waals surface area contributed by atoms with Crippen LogP contribution < -0.4 is 15.4 Å². The predicted molar refractivity (Wildman–Crippen MR) is 83.9 cm³/mol. The van der Waals surface area contributed by atoms with Crippen LogP contribution in [0.4, 0.5) is 4.79 Å². The fourth-order valence-corrected chi connectivity index (χ4v) is 2.43. The predicted octanol–water partition coefficient (Wildman–Crippen LogP) is 1.41. The molecule has 21 heavy (non-hydrogen) atoms. The number of urea groups is 1. The van der Waals surface area contributed by atoms with Crippen LogP contribution in [0.3, 0.4) is 0 Å². The molecule has 2 rings (SSSR count). The first-order chi connectivity index (χ1) is 10.1. The first-order valence-corrected chi connectivity index (χ1v) is 7.56. The summed E-state index contributed by atoms with van der Waals surface area (Å²) in [5, 5.41) is 5.58. The van der Waals surface area contributed by atoms with Gasteiger partial charge in [-0.3, -0.25) is 0 Å². The van der Waals surface area contributed by atoms with Crippen LogP contribution in [0, 0.1) is 0 Å². The average Bonchev–Trinajstić information content (AvgIpc) is 2.90. The largest absolute Gasteiger partial charge is 0.492 e. The molecule has 0 saturated carbocycles. The third kappa shape index (κ3) is 5.27. The number of aryl methyl sites for hydroxylation is 2. The molecule has 0 aromatic heterocycles. The molecule has 0 bridgehead atoms. The molecule has 0 radical (unpaired) electrons.